The molecule has 1 unspecified atom stereocenters. The fourth-order valence-electron chi connectivity index (χ4n) is 2.26. The van der Waals surface area contributed by atoms with Crippen molar-refractivity contribution in [3.63, 3.8) is 0 Å². The SMILES string of the molecule is NNC(c1cccc(C(F)(F)F)c1F)C1CCC1. The Labute approximate surface area is 102 Å². The Morgan fingerprint density at radius 3 is 2.39 bits per heavy atom. The van der Waals surface area contributed by atoms with E-state index < -0.39 is 23.6 Å². The Bertz CT molecular complexity index is 427. The van der Waals surface area contributed by atoms with E-state index in [0.717, 1.165) is 25.3 Å². The third kappa shape index (κ3) is 2.35. The molecular formula is C12H14F4N2. The van der Waals surface area contributed by atoms with Gasteiger partial charge in [0.25, 0.3) is 0 Å². The zero-order valence-electron chi connectivity index (χ0n) is 9.60. The second-order valence-electron chi connectivity index (χ2n) is 4.54. The zero-order chi connectivity index (χ0) is 13.3. The Balaban J connectivity index is 2.38. The Morgan fingerprint density at radius 1 is 1.28 bits per heavy atom. The van der Waals surface area contributed by atoms with Gasteiger partial charge in [0.05, 0.1) is 11.6 Å². The molecule has 1 aromatic rings. The smallest absolute Gasteiger partial charge is 0.271 e. The number of halogens is 4. The lowest BCUT2D eigenvalue weighted by atomic mass is 9.77. The summed E-state index contributed by atoms with van der Waals surface area (Å²) in [5.74, 6) is 4.23. The molecule has 0 bridgehead atoms. The fraction of sp³-hybridized carbons (Fsp3) is 0.500. The van der Waals surface area contributed by atoms with E-state index in [1.165, 1.54) is 12.1 Å². The molecule has 1 aliphatic carbocycles. The van der Waals surface area contributed by atoms with Gasteiger partial charge in [-0.2, -0.15) is 13.2 Å². The van der Waals surface area contributed by atoms with Crippen molar-refractivity contribution in [3.8, 4) is 0 Å². The van der Waals surface area contributed by atoms with Crippen LogP contribution in [0.2, 0.25) is 0 Å². The maximum absolute atomic E-state index is 13.9. The number of hydrogen-bond donors (Lipinski definition) is 2. The first-order chi connectivity index (χ1) is 8.45. The van der Waals surface area contributed by atoms with Crippen molar-refractivity contribution in [3.05, 3.63) is 35.1 Å². The minimum Gasteiger partial charge on any atom is -0.271 e. The van der Waals surface area contributed by atoms with Crippen LogP contribution in [0.1, 0.15) is 36.4 Å². The van der Waals surface area contributed by atoms with E-state index >= 15 is 0 Å². The maximum atomic E-state index is 13.9. The lowest BCUT2D eigenvalue weighted by Gasteiger charge is -2.34. The Hall–Kier alpha value is -1.14. The van der Waals surface area contributed by atoms with E-state index in [-0.39, 0.29) is 11.5 Å². The summed E-state index contributed by atoms with van der Waals surface area (Å²) < 4.78 is 51.7. The van der Waals surface area contributed by atoms with E-state index in [9.17, 15) is 17.6 Å². The molecule has 0 aromatic heterocycles. The van der Waals surface area contributed by atoms with E-state index in [1.54, 1.807) is 0 Å². The first-order valence-corrected chi connectivity index (χ1v) is 5.77. The van der Waals surface area contributed by atoms with Crippen LogP contribution < -0.4 is 11.3 Å². The number of alkyl halides is 3. The molecule has 1 fully saturated rings. The number of hydrazine groups is 1. The number of rotatable bonds is 3. The van der Waals surface area contributed by atoms with Gasteiger partial charge in [0.1, 0.15) is 5.82 Å². The summed E-state index contributed by atoms with van der Waals surface area (Å²) in [4.78, 5) is 0. The third-order valence-electron chi connectivity index (χ3n) is 3.47. The van der Waals surface area contributed by atoms with Crippen LogP contribution in [0, 0.1) is 11.7 Å². The lowest BCUT2D eigenvalue weighted by Crippen LogP contribution is -2.37. The van der Waals surface area contributed by atoms with E-state index in [1.807, 2.05) is 0 Å². The molecule has 2 nitrogen and oxygen atoms in total. The average molecular weight is 262 g/mol. The second kappa shape index (κ2) is 4.85. The minimum atomic E-state index is -4.68. The summed E-state index contributed by atoms with van der Waals surface area (Å²) in [7, 11) is 0. The molecule has 0 aliphatic heterocycles. The number of nitrogens with one attached hydrogen (secondary N) is 1. The van der Waals surface area contributed by atoms with Gasteiger partial charge in [-0.1, -0.05) is 18.6 Å². The van der Waals surface area contributed by atoms with Gasteiger partial charge >= 0.3 is 6.18 Å². The Morgan fingerprint density at radius 2 is 1.94 bits per heavy atom. The molecule has 18 heavy (non-hydrogen) atoms. The van der Waals surface area contributed by atoms with Crippen LogP contribution >= 0.6 is 0 Å². The molecule has 0 spiro atoms. The maximum Gasteiger partial charge on any atom is 0.419 e. The van der Waals surface area contributed by atoms with Crippen LogP contribution in [0.25, 0.3) is 0 Å². The third-order valence-corrected chi connectivity index (χ3v) is 3.47. The highest BCUT2D eigenvalue weighted by molar-refractivity contribution is 5.31. The lowest BCUT2D eigenvalue weighted by molar-refractivity contribution is -0.140. The average Bonchev–Trinajstić information content (AvgIpc) is 2.22. The molecule has 0 heterocycles. The van der Waals surface area contributed by atoms with Crippen molar-refractivity contribution >= 4 is 0 Å². The first-order valence-electron chi connectivity index (χ1n) is 5.77. The molecule has 1 aromatic carbocycles. The molecule has 0 radical (unpaired) electrons. The topological polar surface area (TPSA) is 38.0 Å². The molecule has 1 saturated carbocycles. The molecule has 3 N–H and O–H groups in total. The van der Waals surface area contributed by atoms with Crippen molar-refractivity contribution in [1.29, 1.82) is 0 Å². The number of nitrogens with two attached hydrogens (primary N) is 1. The standard InChI is InChI=1S/C12H14F4N2/c13-10-8(11(18-17)7-3-1-4-7)5-2-6-9(10)12(14,15)16/h2,5-7,11,18H,1,3-4,17H2. The van der Waals surface area contributed by atoms with Crippen molar-refractivity contribution in [2.45, 2.75) is 31.5 Å². The van der Waals surface area contributed by atoms with Crippen molar-refractivity contribution in [2.75, 3.05) is 0 Å². The normalized spacial score (nSPS) is 18.5. The molecule has 6 heteroatoms. The van der Waals surface area contributed by atoms with Gasteiger partial charge in [-0.05, 0) is 24.8 Å². The van der Waals surface area contributed by atoms with Crippen LogP contribution in [-0.2, 0) is 6.18 Å². The Kier molecular flexibility index (Phi) is 3.59. The molecule has 0 saturated heterocycles. The van der Waals surface area contributed by atoms with Crippen molar-refractivity contribution in [2.24, 2.45) is 11.8 Å². The predicted octanol–water partition coefficient (Wildman–Crippen LogP) is 3.15. The van der Waals surface area contributed by atoms with E-state index in [2.05, 4.69) is 5.43 Å². The van der Waals surface area contributed by atoms with Crippen LogP contribution in [0.4, 0.5) is 17.6 Å². The molecule has 2 rings (SSSR count). The van der Waals surface area contributed by atoms with Gasteiger partial charge < -0.3 is 0 Å². The molecule has 1 atom stereocenters. The van der Waals surface area contributed by atoms with Crippen LogP contribution in [0.15, 0.2) is 18.2 Å². The zero-order valence-corrected chi connectivity index (χ0v) is 9.60. The summed E-state index contributed by atoms with van der Waals surface area (Å²) in [6, 6.07) is 2.76. The summed E-state index contributed by atoms with van der Waals surface area (Å²) in [6.07, 6.45) is -1.97. The van der Waals surface area contributed by atoms with E-state index in [4.69, 9.17) is 5.84 Å². The quantitative estimate of drug-likeness (QED) is 0.499. The largest absolute Gasteiger partial charge is 0.419 e. The highest BCUT2D eigenvalue weighted by Crippen LogP contribution is 2.40. The van der Waals surface area contributed by atoms with Gasteiger partial charge in [-0.25, -0.2) is 4.39 Å². The van der Waals surface area contributed by atoms with Crippen LogP contribution in [-0.4, -0.2) is 0 Å². The molecule has 100 valence electrons. The van der Waals surface area contributed by atoms with Gasteiger partial charge in [0.2, 0.25) is 0 Å². The summed E-state index contributed by atoms with van der Waals surface area (Å²) >= 11 is 0. The molecule has 1 aliphatic rings. The number of hydrogen-bond acceptors (Lipinski definition) is 2. The van der Waals surface area contributed by atoms with Gasteiger partial charge in [-0.3, -0.25) is 11.3 Å². The summed E-state index contributed by atoms with van der Waals surface area (Å²) in [5.41, 5.74) is 1.19. The van der Waals surface area contributed by atoms with Crippen molar-refractivity contribution in [1.82, 2.24) is 5.43 Å². The fourth-order valence-corrected chi connectivity index (χ4v) is 2.26. The minimum absolute atomic E-state index is 0.00275. The van der Waals surface area contributed by atoms with Gasteiger partial charge in [0.15, 0.2) is 0 Å². The summed E-state index contributed by atoms with van der Waals surface area (Å²) in [5, 5.41) is 0. The van der Waals surface area contributed by atoms with Crippen LogP contribution in [0.5, 0.6) is 0 Å². The first kappa shape index (κ1) is 13.3. The second-order valence-corrected chi connectivity index (χ2v) is 4.54. The van der Waals surface area contributed by atoms with Gasteiger partial charge in [-0.15, -0.1) is 0 Å². The summed E-state index contributed by atoms with van der Waals surface area (Å²) in [6.45, 7) is 0. The highest BCUT2D eigenvalue weighted by Gasteiger charge is 2.37. The molecule has 0 amide bonds. The predicted molar refractivity (Wildman–Crippen MR) is 58.8 cm³/mol. The number of benzene rings is 1. The highest BCUT2D eigenvalue weighted by atomic mass is 19.4. The van der Waals surface area contributed by atoms with E-state index in [0.29, 0.717) is 0 Å². The van der Waals surface area contributed by atoms with Gasteiger partial charge in [0, 0.05) is 5.56 Å². The van der Waals surface area contributed by atoms with Crippen molar-refractivity contribution < 1.29 is 17.6 Å². The monoisotopic (exact) mass is 262 g/mol. The van der Waals surface area contributed by atoms with Crippen LogP contribution in [0.3, 0.4) is 0 Å². The molecular weight excluding hydrogens is 248 g/mol.